The molecule has 1 aromatic rings. The molecule has 1 aliphatic heterocycles. The molecule has 3 rings (SSSR count). The lowest BCUT2D eigenvalue weighted by molar-refractivity contribution is -0.384. The number of hydrogen-bond acceptors (Lipinski definition) is 6. The first kappa shape index (κ1) is 20.6. The number of anilines is 1. The molecule has 1 heterocycles. The smallest absolute Gasteiger partial charge is 0.292 e. The fourth-order valence-electron chi connectivity index (χ4n) is 4.60. The zero-order valence-corrected chi connectivity index (χ0v) is 16.8. The van der Waals surface area contributed by atoms with E-state index in [-0.39, 0.29) is 17.3 Å². The van der Waals surface area contributed by atoms with E-state index >= 15 is 0 Å². The molecule has 7 heteroatoms. The zero-order valence-electron chi connectivity index (χ0n) is 16.8. The predicted octanol–water partition coefficient (Wildman–Crippen LogP) is 4.08. The number of nitrogens with one attached hydrogen (secondary N) is 1. The van der Waals surface area contributed by atoms with Gasteiger partial charge in [0.2, 0.25) is 0 Å². The molecule has 0 amide bonds. The number of rotatable bonds is 6. The monoisotopic (exact) mass is 386 g/mol. The largest absolute Gasteiger partial charge is 0.379 e. The molecule has 152 valence electrons. The molecule has 2 fully saturated rings. The number of nitriles is 1. The van der Waals surface area contributed by atoms with Gasteiger partial charge in [-0.3, -0.25) is 15.0 Å². The van der Waals surface area contributed by atoms with E-state index in [0.29, 0.717) is 17.4 Å². The van der Waals surface area contributed by atoms with Gasteiger partial charge >= 0.3 is 0 Å². The minimum atomic E-state index is -0.392. The van der Waals surface area contributed by atoms with Crippen LogP contribution in [0.25, 0.3) is 0 Å². The molecule has 1 aromatic carbocycles. The van der Waals surface area contributed by atoms with Gasteiger partial charge in [-0.2, -0.15) is 5.26 Å². The SMILES string of the molecule is CCO[C@H]1CC[C@](C)(N2CCC(Nc3cc(C#N)ccc3[N+](=O)[O-])CC2)CC1. The van der Waals surface area contributed by atoms with E-state index in [2.05, 4.69) is 30.1 Å². The molecule has 0 atom stereocenters. The maximum Gasteiger partial charge on any atom is 0.292 e. The Balaban J connectivity index is 1.58. The quantitative estimate of drug-likeness (QED) is 0.585. The van der Waals surface area contributed by atoms with Gasteiger partial charge < -0.3 is 10.1 Å². The highest BCUT2D eigenvalue weighted by Gasteiger charge is 2.38. The highest BCUT2D eigenvalue weighted by atomic mass is 16.6. The van der Waals surface area contributed by atoms with Crippen molar-refractivity contribution in [3.63, 3.8) is 0 Å². The van der Waals surface area contributed by atoms with Crippen LogP contribution in [0.5, 0.6) is 0 Å². The average molecular weight is 386 g/mol. The second-order valence-corrected chi connectivity index (χ2v) is 8.16. The lowest BCUT2D eigenvalue weighted by Crippen LogP contribution is -2.53. The van der Waals surface area contributed by atoms with Gasteiger partial charge in [0.1, 0.15) is 5.69 Å². The highest BCUT2D eigenvalue weighted by molar-refractivity contribution is 5.64. The van der Waals surface area contributed by atoms with Crippen molar-refractivity contribution in [1.29, 1.82) is 5.26 Å². The van der Waals surface area contributed by atoms with E-state index in [1.807, 2.05) is 0 Å². The fraction of sp³-hybridized carbons (Fsp3) is 0.667. The molecule has 0 radical (unpaired) electrons. The van der Waals surface area contributed by atoms with Gasteiger partial charge in [0.15, 0.2) is 0 Å². The molecule has 28 heavy (non-hydrogen) atoms. The van der Waals surface area contributed by atoms with Crippen LogP contribution >= 0.6 is 0 Å². The van der Waals surface area contributed by atoms with Crippen molar-refractivity contribution in [2.24, 2.45) is 0 Å². The molecule has 0 bridgehead atoms. The van der Waals surface area contributed by atoms with Crippen molar-refractivity contribution >= 4 is 11.4 Å². The summed E-state index contributed by atoms with van der Waals surface area (Å²) in [5.41, 5.74) is 1.14. The summed E-state index contributed by atoms with van der Waals surface area (Å²) in [7, 11) is 0. The third-order valence-electron chi connectivity index (χ3n) is 6.35. The van der Waals surface area contributed by atoms with Crippen molar-refractivity contribution in [2.45, 2.75) is 70.1 Å². The molecule has 1 N–H and O–H groups in total. The normalized spacial score (nSPS) is 26.5. The Hall–Kier alpha value is -2.17. The van der Waals surface area contributed by atoms with Gasteiger partial charge in [0, 0.05) is 37.3 Å². The summed E-state index contributed by atoms with van der Waals surface area (Å²) >= 11 is 0. The molecular formula is C21H30N4O3. The molecule has 0 unspecified atom stereocenters. The zero-order chi connectivity index (χ0) is 20.1. The summed E-state index contributed by atoms with van der Waals surface area (Å²) in [6.07, 6.45) is 6.85. The third kappa shape index (κ3) is 4.62. The molecule has 1 aliphatic carbocycles. The highest BCUT2D eigenvalue weighted by Crippen LogP contribution is 2.37. The summed E-state index contributed by atoms with van der Waals surface area (Å²) in [4.78, 5) is 13.5. The van der Waals surface area contributed by atoms with Crippen molar-refractivity contribution in [2.75, 3.05) is 25.0 Å². The van der Waals surface area contributed by atoms with Crippen molar-refractivity contribution < 1.29 is 9.66 Å². The number of nitro groups is 1. The van der Waals surface area contributed by atoms with Crippen LogP contribution in [0.4, 0.5) is 11.4 Å². The lowest BCUT2D eigenvalue weighted by atomic mass is 9.79. The first-order valence-corrected chi connectivity index (χ1v) is 10.3. The maximum atomic E-state index is 11.3. The van der Waals surface area contributed by atoms with Crippen molar-refractivity contribution in [3.8, 4) is 6.07 Å². The van der Waals surface area contributed by atoms with Gasteiger partial charge in [-0.25, -0.2) is 0 Å². The number of nitrogens with zero attached hydrogens (tertiary/aromatic N) is 3. The van der Waals surface area contributed by atoms with Crippen LogP contribution < -0.4 is 5.32 Å². The number of benzene rings is 1. The summed E-state index contributed by atoms with van der Waals surface area (Å²) in [5, 5.41) is 23.7. The number of hydrogen-bond donors (Lipinski definition) is 1. The predicted molar refractivity (Wildman–Crippen MR) is 108 cm³/mol. The van der Waals surface area contributed by atoms with Gasteiger partial charge in [0.05, 0.1) is 22.7 Å². The Labute approximate surface area is 166 Å². The second kappa shape index (κ2) is 8.89. The molecule has 0 aromatic heterocycles. The fourth-order valence-corrected chi connectivity index (χ4v) is 4.60. The molecule has 7 nitrogen and oxygen atoms in total. The van der Waals surface area contributed by atoms with E-state index in [9.17, 15) is 10.1 Å². The van der Waals surface area contributed by atoms with E-state index < -0.39 is 4.92 Å². The Bertz CT molecular complexity index is 730. The summed E-state index contributed by atoms with van der Waals surface area (Å²) in [6.45, 7) is 7.18. The van der Waals surface area contributed by atoms with Crippen LogP contribution in [-0.2, 0) is 4.74 Å². The number of nitro benzene ring substituents is 1. The van der Waals surface area contributed by atoms with E-state index in [1.54, 1.807) is 6.07 Å². The molecule has 0 spiro atoms. The average Bonchev–Trinajstić information content (AvgIpc) is 2.70. The van der Waals surface area contributed by atoms with Crippen LogP contribution in [0, 0.1) is 21.4 Å². The van der Waals surface area contributed by atoms with Gasteiger partial charge in [0.25, 0.3) is 5.69 Å². The minimum absolute atomic E-state index is 0.0302. The Morgan fingerprint density at radius 3 is 2.57 bits per heavy atom. The molecule has 1 saturated heterocycles. The van der Waals surface area contributed by atoms with E-state index in [1.165, 1.54) is 12.1 Å². The second-order valence-electron chi connectivity index (χ2n) is 8.16. The Morgan fingerprint density at radius 2 is 2.00 bits per heavy atom. The van der Waals surface area contributed by atoms with Crippen molar-refractivity contribution in [3.05, 3.63) is 33.9 Å². The Kier molecular flexibility index (Phi) is 6.53. The van der Waals surface area contributed by atoms with Gasteiger partial charge in [-0.05, 0) is 64.5 Å². The topological polar surface area (TPSA) is 91.4 Å². The van der Waals surface area contributed by atoms with E-state index in [0.717, 1.165) is 58.2 Å². The molecule has 1 saturated carbocycles. The maximum absolute atomic E-state index is 11.3. The molecule has 2 aliphatic rings. The minimum Gasteiger partial charge on any atom is -0.379 e. The lowest BCUT2D eigenvalue weighted by Gasteiger charge is -2.48. The van der Waals surface area contributed by atoms with Crippen LogP contribution in [0.15, 0.2) is 18.2 Å². The molecular weight excluding hydrogens is 356 g/mol. The standard InChI is InChI=1S/C21H30N4O3/c1-3-28-18-6-10-21(2,11-7-18)24-12-8-17(9-13-24)23-19-14-16(15-22)4-5-20(19)25(26)27/h4-5,14,17-18,23H,3,6-13H2,1-2H3/t18-,21-. The number of piperidine rings is 1. The van der Waals surface area contributed by atoms with Gasteiger partial charge in [-0.15, -0.1) is 0 Å². The van der Waals surface area contributed by atoms with Crippen LogP contribution in [0.3, 0.4) is 0 Å². The van der Waals surface area contributed by atoms with Gasteiger partial charge in [-0.1, -0.05) is 0 Å². The summed E-state index contributed by atoms with van der Waals surface area (Å²) < 4.78 is 5.79. The first-order valence-electron chi connectivity index (χ1n) is 10.3. The number of ether oxygens (including phenoxy) is 1. The third-order valence-corrected chi connectivity index (χ3v) is 6.35. The first-order chi connectivity index (χ1) is 13.4. The van der Waals surface area contributed by atoms with E-state index in [4.69, 9.17) is 10.00 Å². The van der Waals surface area contributed by atoms with Crippen LogP contribution in [-0.4, -0.2) is 47.2 Å². The van der Waals surface area contributed by atoms with Crippen LogP contribution in [0.2, 0.25) is 0 Å². The number of likely N-dealkylation sites (tertiary alicyclic amines) is 1. The summed E-state index contributed by atoms with van der Waals surface area (Å²) in [5.74, 6) is 0. The Morgan fingerprint density at radius 1 is 1.32 bits per heavy atom. The van der Waals surface area contributed by atoms with Crippen LogP contribution in [0.1, 0.15) is 57.9 Å². The summed E-state index contributed by atoms with van der Waals surface area (Å²) in [6, 6.07) is 6.73. The van der Waals surface area contributed by atoms with Crippen molar-refractivity contribution in [1.82, 2.24) is 4.90 Å².